The predicted octanol–water partition coefficient (Wildman–Crippen LogP) is 3.75. The van der Waals surface area contributed by atoms with Crippen molar-refractivity contribution in [3.8, 4) is 0 Å². The lowest BCUT2D eigenvalue weighted by Gasteiger charge is -2.43. The van der Waals surface area contributed by atoms with Gasteiger partial charge < -0.3 is 51.8 Å². The van der Waals surface area contributed by atoms with Crippen LogP contribution in [0.4, 0.5) is 0 Å². The van der Waals surface area contributed by atoms with Crippen molar-refractivity contribution in [3.05, 3.63) is 60.7 Å². The third-order valence-electron chi connectivity index (χ3n) is 7.52. The molecule has 2 aromatic rings. The van der Waals surface area contributed by atoms with Gasteiger partial charge in [0.2, 0.25) is 0 Å². The minimum atomic E-state index is -2.53. The average molecular weight is 725 g/mol. The number of benzene rings is 2. The fraction of sp³-hybridized carbons (Fsp3) is 0.684. The summed E-state index contributed by atoms with van der Waals surface area (Å²) in [6.07, 6.45) is 0. The molecule has 0 saturated carbocycles. The van der Waals surface area contributed by atoms with Gasteiger partial charge in [0.1, 0.15) is 0 Å². The molecule has 0 amide bonds. The van der Waals surface area contributed by atoms with Gasteiger partial charge in [-0.3, -0.25) is 0 Å². The summed E-state index contributed by atoms with van der Waals surface area (Å²) < 4.78 is 61.9. The van der Waals surface area contributed by atoms with Crippen LogP contribution >= 0.6 is 0 Å². The Balaban J connectivity index is 1.34. The minimum Gasteiger partial charge on any atom is -0.405 e. The van der Waals surface area contributed by atoms with E-state index in [0.29, 0.717) is 139 Å². The molecule has 0 unspecified atom stereocenters. The van der Waals surface area contributed by atoms with Crippen LogP contribution in [0.5, 0.6) is 0 Å². The highest BCUT2D eigenvalue weighted by Crippen LogP contribution is 2.36. The highest BCUT2D eigenvalue weighted by Gasteiger charge is 2.50. The molecule has 50 heavy (non-hydrogen) atoms. The van der Waals surface area contributed by atoms with E-state index < -0.39 is 8.32 Å². The Morgan fingerprint density at radius 2 is 0.600 bits per heavy atom. The van der Waals surface area contributed by atoms with Gasteiger partial charge in [-0.2, -0.15) is 0 Å². The topological polar surface area (TPSA) is 102 Å². The van der Waals surface area contributed by atoms with E-state index in [-0.39, 0.29) is 5.04 Å². The molecule has 0 N–H and O–H groups in total. The molecule has 0 aliphatic rings. The fourth-order valence-electron chi connectivity index (χ4n) is 5.14. The molecular weight excluding hydrogens is 660 g/mol. The first kappa shape index (κ1) is 44.4. The van der Waals surface area contributed by atoms with Crippen LogP contribution in [-0.4, -0.2) is 147 Å². The second-order valence-corrected chi connectivity index (χ2v) is 16.5. The Morgan fingerprint density at radius 3 is 0.840 bits per heavy atom. The van der Waals surface area contributed by atoms with E-state index in [0.717, 1.165) is 0 Å². The van der Waals surface area contributed by atoms with Gasteiger partial charge in [-0.1, -0.05) is 81.4 Å². The van der Waals surface area contributed by atoms with Crippen molar-refractivity contribution >= 4 is 18.7 Å². The standard InChI is InChI=1S/C38H64O11Si/c1-5-39-16-17-40-18-19-41-20-21-42-22-23-43-24-25-44-26-27-45-28-29-46-30-31-47-32-33-48-34-35-49-50(38(2,3)4,36-12-8-6-9-13-36)37-14-10-7-11-15-37/h6-15H,5,16-35H2,1-4H3. The summed E-state index contributed by atoms with van der Waals surface area (Å²) in [5, 5.41) is 2.48. The van der Waals surface area contributed by atoms with E-state index >= 15 is 0 Å². The molecular formula is C38H64O11Si. The van der Waals surface area contributed by atoms with Crippen LogP contribution in [0.2, 0.25) is 5.04 Å². The zero-order valence-corrected chi connectivity index (χ0v) is 32.1. The maximum atomic E-state index is 6.85. The SMILES string of the molecule is CCOCCOCCOCCOCCOCCOCCOCCOCCOCCOCCO[Si](c1ccccc1)(c1ccccc1)C(C)(C)C. The lowest BCUT2D eigenvalue weighted by atomic mass is 10.2. The van der Waals surface area contributed by atoms with E-state index in [2.05, 4.69) is 81.4 Å². The van der Waals surface area contributed by atoms with Gasteiger partial charge in [0.15, 0.2) is 0 Å². The second kappa shape index (κ2) is 29.8. The van der Waals surface area contributed by atoms with Crippen molar-refractivity contribution < 1.29 is 51.8 Å². The van der Waals surface area contributed by atoms with Gasteiger partial charge in [-0.15, -0.1) is 0 Å². The van der Waals surface area contributed by atoms with Gasteiger partial charge in [0.05, 0.1) is 132 Å². The molecule has 0 spiro atoms. The van der Waals surface area contributed by atoms with Crippen molar-refractivity contribution in [1.29, 1.82) is 0 Å². The van der Waals surface area contributed by atoms with Gasteiger partial charge in [-0.05, 0) is 22.3 Å². The quantitative estimate of drug-likeness (QED) is 0.0780. The summed E-state index contributed by atoms with van der Waals surface area (Å²) in [5.74, 6) is 0. The molecule has 0 saturated heterocycles. The van der Waals surface area contributed by atoms with Crippen molar-refractivity contribution in [2.24, 2.45) is 0 Å². The molecule has 11 nitrogen and oxygen atoms in total. The maximum absolute atomic E-state index is 6.85. The molecule has 2 aromatic carbocycles. The Labute approximate surface area is 302 Å². The highest BCUT2D eigenvalue weighted by molar-refractivity contribution is 6.99. The normalized spacial score (nSPS) is 12.2. The summed E-state index contributed by atoms with van der Waals surface area (Å²) in [5.41, 5.74) is 0. The lowest BCUT2D eigenvalue weighted by Crippen LogP contribution is -2.66. The molecule has 0 radical (unpaired) electrons. The fourth-order valence-corrected chi connectivity index (χ4v) is 9.68. The molecule has 286 valence electrons. The Hall–Kier alpha value is -1.78. The highest BCUT2D eigenvalue weighted by atomic mass is 28.4. The first-order valence-corrected chi connectivity index (χ1v) is 20.0. The van der Waals surface area contributed by atoms with Gasteiger partial charge in [-0.25, -0.2) is 0 Å². The molecule has 0 heterocycles. The molecule has 0 aliphatic carbocycles. The van der Waals surface area contributed by atoms with Crippen LogP contribution in [0.3, 0.4) is 0 Å². The number of ether oxygens (including phenoxy) is 10. The van der Waals surface area contributed by atoms with Crippen LogP contribution in [0.25, 0.3) is 0 Å². The van der Waals surface area contributed by atoms with Crippen molar-refractivity contribution in [3.63, 3.8) is 0 Å². The Morgan fingerprint density at radius 1 is 0.360 bits per heavy atom. The summed E-state index contributed by atoms with van der Waals surface area (Å²) in [6.45, 7) is 20.1. The predicted molar refractivity (Wildman–Crippen MR) is 197 cm³/mol. The van der Waals surface area contributed by atoms with Crippen molar-refractivity contribution in [2.45, 2.75) is 32.7 Å². The zero-order valence-electron chi connectivity index (χ0n) is 31.1. The first-order chi connectivity index (χ1) is 24.5. The number of rotatable bonds is 34. The number of hydrogen-bond donors (Lipinski definition) is 0. The molecule has 12 heteroatoms. The summed E-state index contributed by atoms with van der Waals surface area (Å²) in [4.78, 5) is 0. The third-order valence-corrected chi connectivity index (χ3v) is 12.6. The Bertz CT molecular complexity index is 971. The van der Waals surface area contributed by atoms with Crippen LogP contribution < -0.4 is 10.4 Å². The van der Waals surface area contributed by atoms with Gasteiger partial charge in [0, 0.05) is 6.61 Å². The molecule has 2 rings (SSSR count). The zero-order chi connectivity index (χ0) is 35.9. The summed E-state index contributed by atoms with van der Waals surface area (Å²) in [6, 6.07) is 21.3. The molecule has 0 fully saturated rings. The third kappa shape index (κ3) is 19.7. The van der Waals surface area contributed by atoms with E-state index in [1.165, 1.54) is 10.4 Å². The molecule has 0 aromatic heterocycles. The van der Waals surface area contributed by atoms with Crippen molar-refractivity contribution in [2.75, 3.05) is 139 Å². The summed E-state index contributed by atoms with van der Waals surface area (Å²) >= 11 is 0. The average Bonchev–Trinajstić information content (AvgIpc) is 3.12. The molecule has 0 bridgehead atoms. The lowest BCUT2D eigenvalue weighted by molar-refractivity contribution is -0.0266. The van der Waals surface area contributed by atoms with Gasteiger partial charge >= 0.3 is 0 Å². The largest absolute Gasteiger partial charge is 0.405 e. The first-order valence-electron chi connectivity index (χ1n) is 18.0. The molecule has 0 atom stereocenters. The maximum Gasteiger partial charge on any atom is 0.261 e. The Kier molecular flexibility index (Phi) is 26.4. The van der Waals surface area contributed by atoms with Gasteiger partial charge in [0.25, 0.3) is 8.32 Å². The monoisotopic (exact) mass is 724 g/mol. The van der Waals surface area contributed by atoms with E-state index in [1.54, 1.807) is 0 Å². The smallest absolute Gasteiger partial charge is 0.261 e. The van der Waals surface area contributed by atoms with Crippen LogP contribution in [0.1, 0.15) is 27.7 Å². The summed E-state index contributed by atoms with van der Waals surface area (Å²) in [7, 11) is -2.53. The van der Waals surface area contributed by atoms with E-state index in [9.17, 15) is 0 Å². The second-order valence-electron chi connectivity index (χ2n) is 12.2. The minimum absolute atomic E-state index is 0.0537. The van der Waals surface area contributed by atoms with Crippen LogP contribution in [-0.2, 0) is 51.8 Å². The number of hydrogen-bond acceptors (Lipinski definition) is 11. The van der Waals surface area contributed by atoms with Crippen LogP contribution in [0.15, 0.2) is 60.7 Å². The van der Waals surface area contributed by atoms with Crippen LogP contribution in [0, 0.1) is 0 Å². The van der Waals surface area contributed by atoms with E-state index in [1.807, 2.05) is 6.92 Å². The van der Waals surface area contributed by atoms with E-state index in [4.69, 9.17) is 51.8 Å². The van der Waals surface area contributed by atoms with Crippen molar-refractivity contribution in [1.82, 2.24) is 0 Å². The molecule has 0 aliphatic heterocycles.